The molecule has 1 N–H and O–H groups in total. The van der Waals surface area contributed by atoms with Gasteiger partial charge in [0.1, 0.15) is 0 Å². The molecule has 132 valence electrons. The number of amides is 1. The molecule has 1 aromatic carbocycles. The molecule has 3 rings (SSSR count). The highest BCUT2D eigenvalue weighted by molar-refractivity contribution is 5.94. The van der Waals surface area contributed by atoms with Gasteiger partial charge in [0.15, 0.2) is 0 Å². The van der Waals surface area contributed by atoms with Crippen LogP contribution in [-0.2, 0) is 0 Å². The van der Waals surface area contributed by atoms with E-state index >= 15 is 0 Å². The van der Waals surface area contributed by atoms with Crippen molar-refractivity contribution < 1.29 is 4.79 Å². The normalized spacial score (nSPS) is 18.1. The molecule has 0 radical (unpaired) electrons. The van der Waals surface area contributed by atoms with Crippen molar-refractivity contribution in [2.75, 3.05) is 26.2 Å². The quantitative estimate of drug-likeness (QED) is 0.910. The summed E-state index contributed by atoms with van der Waals surface area (Å²) in [4.78, 5) is 19.1. The molecular weight excluding hydrogens is 310 g/mol. The Kier molecular flexibility index (Phi) is 5.82. The van der Waals surface area contributed by atoms with Gasteiger partial charge in [-0.1, -0.05) is 30.3 Å². The van der Waals surface area contributed by atoms with Crippen LogP contribution in [0.2, 0.25) is 0 Å². The molecule has 0 saturated carbocycles. The van der Waals surface area contributed by atoms with Crippen molar-refractivity contribution in [3.63, 3.8) is 0 Å². The van der Waals surface area contributed by atoms with Gasteiger partial charge in [-0.3, -0.25) is 9.78 Å². The number of rotatable bonds is 5. The van der Waals surface area contributed by atoms with Gasteiger partial charge in [-0.15, -0.1) is 0 Å². The average molecular weight is 337 g/mol. The molecule has 1 fully saturated rings. The molecule has 2 heterocycles. The second-order valence-electron chi connectivity index (χ2n) is 6.94. The number of benzene rings is 1. The summed E-state index contributed by atoms with van der Waals surface area (Å²) in [7, 11) is 0. The maximum atomic E-state index is 12.3. The summed E-state index contributed by atoms with van der Waals surface area (Å²) in [5, 5.41) is 3.05. The second kappa shape index (κ2) is 8.26. The Morgan fingerprint density at radius 2 is 1.92 bits per heavy atom. The van der Waals surface area contributed by atoms with Gasteiger partial charge >= 0.3 is 0 Å². The fraction of sp³-hybridized carbons (Fsp3) is 0.429. The molecule has 0 aliphatic carbocycles. The third kappa shape index (κ3) is 4.89. The van der Waals surface area contributed by atoms with Gasteiger partial charge in [0, 0.05) is 36.6 Å². The lowest BCUT2D eigenvalue weighted by atomic mass is 9.91. The maximum Gasteiger partial charge on any atom is 0.251 e. The maximum absolute atomic E-state index is 12.3. The van der Waals surface area contributed by atoms with E-state index in [0.717, 1.165) is 31.0 Å². The molecule has 1 atom stereocenters. The molecule has 1 amide bonds. The third-order valence-corrected chi connectivity index (χ3v) is 4.83. The lowest BCUT2D eigenvalue weighted by Gasteiger charge is -2.33. The summed E-state index contributed by atoms with van der Waals surface area (Å²) < 4.78 is 0. The molecule has 1 aromatic heterocycles. The molecule has 2 aromatic rings. The monoisotopic (exact) mass is 337 g/mol. The topological polar surface area (TPSA) is 45.2 Å². The van der Waals surface area contributed by atoms with Gasteiger partial charge in [-0.05, 0) is 56.8 Å². The smallest absolute Gasteiger partial charge is 0.251 e. The number of hydrogen-bond donors (Lipinski definition) is 1. The van der Waals surface area contributed by atoms with Gasteiger partial charge in [0.25, 0.3) is 5.91 Å². The number of nitrogens with one attached hydrogen (secondary N) is 1. The van der Waals surface area contributed by atoms with Crippen LogP contribution in [0.4, 0.5) is 0 Å². The first-order valence-corrected chi connectivity index (χ1v) is 9.12. The first-order chi connectivity index (χ1) is 12.1. The second-order valence-corrected chi connectivity index (χ2v) is 6.94. The number of aryl methyl sites for hydroxylation is 2. The van der Waals surface area contributed by atoms with Gasteiger partial charge in [-0.25, -0.2) is 0 Å². The molecule has 4 heteroatoms. The largest absolute Gasteiger partial charge is 0.351 e. The lowest BCUT2D eigenvalue weighted by molar-refractivity contribution is 0.0945. The van der Waals surface area contributed by atoms with Crippen LogP contribution in [0, 0.1) is 13.8 Å². The number of nitrogens with zero attached hydrogens (tertiary/aromatic N) is 2. The average Bonchev–Trinajstić information content (AvgIpc) is 2.62. The first kappa shape index (κ1) is 17.6. The van der Waals surface area contributed by atoms with E-state index in [1.54, 1.807) is 0 Å². The first-order valence-electron chi connectivity index (χ1n) is 9.12. The van der Waals surface area contributed by atoms with Crippen LogP contribution in [0.25, 0.3) is 0 Å². The highest BCUT2D eigenvalue weighted by Gasteiger charge is 2.20. The standard InChI is InChI=1S/C21H27N3O/c1-16-13-20(14-17(2)23-16)21(25)22-10-12-24-11-6-9-19(15-24)18-7-4-3-5-8-18/h3-5,7-8,13-14,19H,6,9-12,15H2,1-2H3,(H,22,25)/t19-/m1/s1. The van der Waals surface area contributed by atoms with Crippen molar-refractivity contribution in [3.8, 4) is 0 Å². The molecular formula is C21H27N3O. The number of pyridine rings is 1. The summed E-state index contributed by atoms with van der Waals surface area (Å²) in [6, 6.07) is 14.4. The molecule has 0 bridgehead atoms. The Morgan fingerprint density at radius 1 is 1.20 bits per heavy atom. The minimum atomic E-state index is -0.00906. The van der Waals surface area contributed by atoms with Crippen LogP contribution in [0.1, 0.15) is 46.1 Å². The summed E-state index contributed by atoms with van der Waals surface area (Å²) in [5.41, 5.74) is 3.89. The zero-order chi connectivity index (χ0) is 17.6. The summed E-state index contributed by atoms with van der Waals surface area (Å²) in [6.07, 6.45) is 2.47. The summed E-state index contributed by atoms with van der Waals surface area (Å²) in [5.74, 6) is 0.598. The zero-order valence-electron chi connectivity index (χ0n) is 15.2. The number of likely N-dealkylation sites (tertiary alicyclic amines) is 1. The highest BCUT2D eigenvalue weighted by Crippen LogP contribution is 2.26. The minimum absolute atomic E-state index is 0.00906. The predicted octanol–water partition coefficient (Wildman–Crippen LogP) is 3.31. The molecule has 4 nitrogen and oxygen atoms in total. The Balaban J connectivity index is 1.49. The highest BCUT2D eigenvalue weighted by atomic mass is 16.1. The summed E-state index contributed by atoms with van der Waals surface area (Å²) >= 11 is 0. The van der Waals surface area contributed by atoms with E-state index in [1.807, 2.05) is 26.0 Å². The van der Waals surface area contributed by atoms with Gasteiger partial charge in [0.2, 0.25) is 0 Å². The van der Waals surface area contributed by atoms with Crippen LogP contribution in [-0.4, -0.2) is 42.0 Å². The Morgan fingerprint density at radius 3 is 2.64 bits per heavy atom. The van der Waals surface area contributed by atoms with E-state index in [4.69, 9.17) is 0 Å². The molecule has 25 heavy (non-hydrogen) atoms. The number of carbonyl (C=O) groups is 1. The van der Waals surface area contributed by atoms with E-state index < -0.39 is 0 Å². The molecule has 0 spiro atoms. The van der Waals surface area contributed by atoms with Gasteiger partial charge in [0.05, 0.1) is 0 Å². The number of aromatic nitrogens is 1. The Hall–Kier alpha value is -2.20. The molecule has 1 aliphatic heterocycles. The zero-order valence-corrected chi connectivity index (χ0v) is 15.2. The van der Waals surface area contributed by atoms with Gasteiger partial charge in [-0.2, -0.15) is 0 Å². The molecule has 1 aliphatic rings. The van der Waals surface area contributed by atoms with Crippen LogP contribution in [0.15, 0.2) is 42.5 Å². The van der Waals surface area contributed by atoms with Crippen molar-refractivity contribution in [1.29, 1.82) is 0 Å². The molecule has 0 unspecified atom stereocenters. The van der Waals surface area contributed by atoms with E-state index in [9.17, 15) is 4.79 Å². The van der Waals surface area contributed by atoms with E-state index in [0.29, 0.717) is 18.0 Å². The van der Waals surface area contributed by atoms with Crippen molar-refractivity contribution in [2.24, 2.45) is 0 Å². The van der Waals surface area contributed by atoms with E-state index in [1.165, 1.54) is 18.4 Å². The van der Waals surface area contributed by atoms with Crippen molar-refractivity contribution in [3.05, 3.63) is 65.0 Å². The number of carbonyl (C=O) groups excluding carboxylic acids is 1. The number of piperidine rings is 1. The predicted molar refractivity (Wildman–Crippen MR) is 101 cm³/mol. The Labute approximate surface area is 150 Å². The van der Waals surface area contributed by atoms with Crippen LogP contribution in [0.5, 0.6) is 0 Å². The Bertz CT molecular complexity index is 694. The SMILES string of the molecule is Cc1cc(C(=O)NCCN2CCC[C@@H](c3ccccc3)C2)cc(C)n1. The van der Waals surface area contributed by atoms with Crippen LogP contribution in [0.3, 0.4) is 0 Å². The van der Waals surface area contributed by atoms with Crippen LogP contribution >= 0.6 is 0 Å². The van der Waals surface area contributed by atoms with Gasteiger partial charge < -0.3 is 10.2 Å². The number of hydrogen-bond acceptors (Lipinski definition) is 3. The van der Waals surface area contributed by atoms with Crippen molar-refractivity contribution in [2.45, 2.75) is 32.6 Å². The summed E-state index contributed by atoms with van der Waals surface area (Å²) in [6.45, 7) is 7.61. The fourth-order valence-corrected chi connectivity index (χ4v) is 3.65. The molecule has 1 saturated heterocycles. The minimum Gasteiger partial charge on any atom is -0.351 e. The lowest BCUT2D eigenvalue weighted by Crippen LogP contribution is -2.40. The van der Waals surface area contributed by atoms with E-state index in [-0.39, 0.29) is 5.91 Å². The van der Waals surface area contributed by atoms with E-state index in [2.05, 4.69) is 45.5 Å². The van der Waals surface area contributed by atoms with Crippen molar-refractivity contribution >= 4 is 5.91 Å². The van der Waals surface area contributed by atoms with Crippen molar-refractivity contribution in [1.82, 2.24) is 15.2 Å². The fourth-order valence-electron chi connectivity index (χ4n) is 3.65. The van der Waals surface area contributed by atoms with Crippen LogP contribution < -0.4 is 5.32 Å². The third-order valence-electron chi connectivity index (χ3n) is 4.83.